The second-order valence-electron chi connectivity index (χ2n) is 6.96. The Morgan fingerprint density at radius 1 is 1.21 bits per heavy atom. The summed E-state index contributed by atoms with van der Waals surface area (Å²) in [5.41, 5.74) is 2.84. The van der Waals surface area contributed by atoms with Gasteiger partial charge in [0.25, 0.3) is 0 Å². The standard InChI is InChI=1S/C19H31N3O.HI/c1-5-20-18(22-12-11-19(3,4)15-22)21-13-16-7-9-17(10-8-16)14-23-6-2;/h7-10H,5-6,11-15H2,1-4H3,(H,20,21);1H. The first kappa shape index (κ1) is 21.2. The minimum Gasteiger partial charge on any atom is -0.377 e. The summed E-state index contributed by atoms with van der Waals surface area (Å²) in [4.78, 5) is 7.21. The van der Waals surface area contributed by atoms with Gasteiger partial charge in [-0.25, -0.2) is 4.99 Å². The lowest BCUT2D eigenvalue weighted by molar-refractivity contribution is 0.134. The molecule has 1 aliphatic rings. The van der Waals surface area contributed by atoms with Gasteiger partial charge in [0.2, 0.25) is 0 Å². The Labute approximate surface area is 164 Å². The van der Waals surface area contributed by atoms with Gasteiger partial charge in [-0.15, -0.1) is 24.0 Å². The summed E-state index contributed by atoms with van der Waals surface area (Å²) >= 11 is 0. The molecule has 0 aromatic heterocycles. The van der Waals surface area contributed by atoms with Crippen LogP contribution in [0.25, 0.3) is 0 Å². The first-order valence-electron chi connectivity index (χ1n) is 8.73. The highest BCUT2D eigenvalue weighted by molar-refractivity contribution is 14.0. The van der Waals surface area contributed by atoms with Crippen LogP contribution >= 0.6 is 24.0 Å². The molecule has 0 saturated carbocycles. The fraction of sp³-hybridized carbons (Fsp3) is 0.632. The van der Waals surface area contributed by atoms with Crippen LogP contribution in [0, 0.1) is 5.41 Å². The fourth-order valence-electron chi connectivity index (χ4n) is 2.85. The van der Waals surface area contributed by atoms with Crippen molar-refractivity contribution in [2.75, 3.05) is 26.2 Å². The molecule has 136 valence electrons. The van der Waals surface area contributed by atoms with Crippen molar-refractivity contribution in [1.82, 2.24) is 10.2 Å². The van der Waals surface area contributed by atoms with Crippen LogP contribution < -0.4 is 5.32 Å². The SMILES string of the molecule is CCNC(=NCc1ccc(COCC)cc1)N1CCC(C)(C)C1.I. The number of likely N-dealkylation sites (tertiary alicyclic amines) is 1. The van der Waals surface area contributed by atoms with E-state index in [1.54, 1.807) is 0 Å². The Bertz CT molecular complexity index is 514. The molecule has 0 unspecified atom stereocenters. The molecule has 2 rings (SSSR count). The molecule has 1 aliphatic heterocycles. The molecular formula is C19H32IN3O. The maximum Gasteiger partial charge on any atom is 0.194 e. The topological polar surface area (TPSA) is 36.9 Å². The van der Waals surface area contributed by atoms with Crippen molar-refractivity contribution >= 4 is 29.9 Å². The summed E-state index contributed by atoms with van der Waals surface area (Å²) in [6.07, 6.45) is 1.23. The van der Waals surface area contributed by atoms with Crippen molar-refractivity contribution in [3.63, 3.8) is 0 Å². The van der Waals surface area contributed by atoms with E-state index in [9.17, 15) is 0 Å². The lowest BCUT2D eigenvalue weighted by atomic mass is 9.93. The van der Waals surface area contributed by atoms with Gasteiger partial charge in [-0.2, -0.15) is 0 Å². The average Bonchev–Trinajstić information content (AvgIpc) is 2.90. The van der Waals surface area contributed by atoms with Crippen LogP contribution in [0.5, 0.6) is 0 Å². The van der Waals surface area contributed by atoms with Crippen LogP contribution in [0.4, 0.5) is 0 Å². The molecule has 0 amide bonds. The number of benzene rings is 1. The summed E-state index contributed by atoms with van der Waals surface area (Å²) in [7, 11) is 0. The second-order valence-corrected chi connectivity index (χ2v) is 6.96. The van der Waals surface area contributed by atoms with Crippen molar-refractivity contribution in [3.05, 3.63) is 35.4 Å². The number of hydrogen-bond acceptors (Lipinski definition) is 2. The van der Waals surface area contributed by atoms with Crippen molar-refractivity contribution in [3.8, 4) is 0 Å². The van der Waals surface area contributed by atoms with Crippen LogP contribution in [0.2, 0.25) is 0 Å². The zero-order valence-corrected chi connectivity index (χ0v) is 17.8. The molecule has 0 spiro atoms. The maximum atomic E-state index is 5.43. The molecule has 1 aromatic carbocycles. The Morgan fingerprint density at radius 2 is 1.88 bits per heavy atom. The molecule has 0 radical (unpaired) electrons. The van der Waals surface area contributed by atoms with E-state index in [0.29, 0.717) is 18.6 Å². The molecule has 1 saturated heterocycles. The molecule has 0 atom stereocenters. The Morgan fingerprint density at radius 3 is 2.42 bits per heavy atom. The average molecular weight is 445 g/mol. The van der Waals surface area contributed by atoms with Crippen LogP contribution in [0.1, 0.15) is 45.2 Å². The second kappa shape index (κ2) is 10.2. The Hall–Kier alpha value is -0.820. The molecule has 4 nitrogen and oxygen atoms in total. The highest BCUT2D eigenvalue weighted by atomic mass is 127. The highest BCUT2D eigenvalue weighted by Crippen LogP contribution is 2.28. The predicted molar refractivity (Wildman–Crippen MR) is 112 cm³/mol. The third-order valence-electron chi connectivity index (χ3n) is 4.22. The smallest absolute Gasteiger partial charge is 0.194 e. The number of ether oxygens (including phenoxy) is 1. The van der Waals surface area contributed by atoms with Gasteiger partial charge >= 0.3 is 0 Å². The molecule has 0 bridgehead atoms. The van der Waals surface area contributed by atoms with Crippen molar-refractivity contribution in [2.45, 2.75) is 47.3 Å². The van der Waals surface area contributed by atoms with E-state index in [1.165, 1.54) is 17.5 Å². The molecule has 24 heavy (non-hydrogen) atoms. The van der Waals surface area contributed by atoms with Gasteiger partial charge in [-0.3, -0.25) is 0 Å². The Kier molecular flexibility index (Phi) is 9.05. The third kappa shape index (κ3) is 6.59. The lowest BCUT2D eigenvalue weighted by Gasteiger charge is -2.23. The van der Waals surface area contributed by atoms with Crippen LogP contribution in [0.15, 0.2) is 29.3 Å². The van der Waals surface area contributed by atoms with Gasteiger partial charge in [-0.1, -0.05) is 38.1 Å². The normalized spacial score (nSPS) is 16.8. The summed E-state index contributed by atoms with van der Waals surface area (Å²) in [6.45, 7) is 14.0. The number of rotatable bonds is 6. The first-order valence-corrected chi connectivity index (χ1v) is 8.73. The minimum atomic E-state index is 0. The first-order chi connectivity index (χ1) is 11.0. The number of hydrogen-bond donors (Lipinski definition) is 1. The van der Waals surface area contributed by atoms with Gasteiger partial charge in [0.15, 0.2) is 5.96 Å². The molecular weight excluding hydrogens is 413 g/mol. The quantitative estimate of drug-likeness (QED) is 0.408. The van der Waals surface area contributed by atoms with Gasteiger partial charge in [-0.05, 0) is 36.8 Å². The zero-order valence-electron chi connectivity index (χ0n) is 15.5. The summed E-state index contributed by atoms with van der Waals surface area (Å²) < 4.78 is 5.43. The summed E-state index contributed by atoms with van der Waals surface area (Å²) in [6, 6.07) is 8.56. The minimum absolute atomic E-state index is 0. The van der Waals surface area contributed by atoms with Gasteiger partial charge < -0.3 is 15.0 Å². The van der Waals surface area contributed by atoms with Crippen molar-refractivity contribution < 1.29 is 4.74 Å². The van der Waals surface area contributed by atoms with E-state index >= 15 is 0 Å². The summed E-state index contributed by atoms with van der Waals surface area (Å²) in [5, 5.41) is 3.43. The van der Waals surface area contributed by atoms with Gasteiger partial charge in [0.05, 0.1) is 13.2 Å². The molecule has 1 fully saturated rings. The summed E-state index contributed by atoms with van der Waals surface area (Å²) in [5.74, 6) is 1.04. The van der Waals surface area contributed by atoms with Crippen molar-refractivity contribution in [1.29, 1.82) is 0 Å². The molecule has 1 N–H and O–H groups in total. The van der Waals surface area contributed by atoms with Gasteiger partial charge in [0, 0.05) is 26.2 Å². The lowest BCUT2D eigenvalue weighted by Crippen LogP contribution is -2.40. The number of halogens is 1. The molecule has 1 heterocycles. The zero-order chi connectivity index (χ0) is 16.7. The van der Waals surface area contributed by atoms with Crippen LogP contribution in [0.3, 0.4) is 0 Å². The third-order valence-corrected chi connectivity index (χ3v) is 4.22. The van der Waals surface area contributed by atoms with E-state index in [-0.39, 0.29) is 24.0 Å². The highest BCUT2D eigenvalue weighted by Gasteiger charge is 2.30. The van der Waals surface area contributed by atoms with Gasteiger partial charge in [0.1, 0.15) is 0 Å². The molecule has 1 aromatic rings. The monoisotopic (exact) mass is 445 g/mol. The van der Waals surface area contributed by atoms with Crippen LogP contribution in [-0.4, -0.2) is 37.1 Å². The number of aliphatic imine (C=N–C) groups is 1. The number of nitrogens with zero attached hydrogens (tertiary/aromatic N) is 2. The van der Waals surface area contributed by atoms with E-state index in [4.69, 9.17) is 9.73 Å². The van der Waals surface area contributed by atoms with E-state index in [1.807, 2.05) is 6.92 Å². The molecule has 0 aliphatic carbocycles. The van der Waals surface area contributed by atoms with E-state index in [0.717, 1.165) is 32.2 Å². The van der Waals surface area contributed by atoms with Crippen LogP contribution in [-0.2, 0) is 17.9 Å². The van der Waals surface area contributed by atoms with E-state index < -0.39 is 0 Å². The number of nitrogens with one attached hydrogen (secondary N) is 1. The maximum absolute atomic E-state index is 5.43. The van der Waals surface area contributed by atoms with E-state index in [2.05, 4.69) is 55.3 Å². The largest absolute Gasteiger partial charge is 0.377 e. The predicted octanol–water partition coefficient (Wildman–Crippen LogP) is 4.04. The molecule has 5 heteroatoms. The van der Waals surface area contributed by atoms with Crippen molar-refractivity contribution in [2.24, 2.45) is 10.4 Å². The number of guanidine groups is 1. The fourth-order valence-corrected chi connectivity index (χ4v) is 2.85. The Balaban J connectivity index is 0.00000288.